The van der Waals surface area contributed by atoms with Crippen molar-refractivity contribution in [2.75, 3.05) is 4.90 Å². The van der Waals surface area contributed by atoms with E-state index in [-0.39, 0.29) is 6.71 Å². The lowest BCUT2D eigenvalue weighted by atomic mass is 9.33. The highest BCUT2D eigenvalue weighted by molar-refractivity contribution is 6.98. The number of hydrogen-bond acceptors (Lipinski definition) is 1. The Kier molecular flexibility index (Phi) is 8.71. The fourth-order valence-corrected chi connectivity index (χ4v) is 10.5. The van der Waals surface area contributed by atoms with Gasteiger partial charge in [0.1, 0.15) is 0 Å². The molecule has 2 N–H and O–H groups in total. The van der Waals surface area contributed by atoms with Crippen molar-refractivity contribution < 1.29 is 0 Å². The number of nitrogens with one attached hydrogen (secondary N) is 2. The first-order valence-electron chi connectivity index (χ1n) is 21.9. The van der Waals surface area contributed by atoms with Crippen molar-refractivity contribution in [2.45, 2.75) is 26.2 Å². The van der Waals surface area contributed by atoms with E-state index in [1.54, 1.807) is 0 Å². The zero-order valence-corrected chi connectivity index (χ0v) is 34.7. The van der Waals surface area contributed by atoms with Crippen LogP contribution in [0, 0.1) is 6.92 Å². The van der Waals surface area contributed by atoms with Gasteiger partial charge in [0.05, 0.1) is 0 Å². The third kappa shape index (κ3) is 5.97. The third-order valence-electron chi connectivity index (χ3n) is 13.4. The van der Waals surface area contributed by atoms with E-state index in [1.165, 1.54) is 99.3 Å². The first kappa shape index (κ1) is 36.3. The van der Waals surface area contributed by atoms with Gasteiger partial charge in [0, 0.05) is 66.2 Å². The number of aromatic amines is 2. The Bertz CT molecular complexity index is 3470. The van der Waals surface area contributed by atoms with Crippen molar-refractivity contribution in [2.24, 2.45) is 0 Å². The molecule has 1 aliphatic rings. The number of anilines is 3. The predicted octanol–water partition coefficient (Wildman–Crippen LogP) is 13.1. The van der Waals surface area contributed by atoms with Crippen molar-refractivity contribution in [3.8, 4) is 22.3 Å². The largest absolute Gasteiger partial charge is 0.355 e. The molecule has 0 unspecified atom stereocenters. The molecule has 11 aromatic rings. The van der Waals surface area contributed by atoms with Crippen molar-refractivity contribution in [3.05, 3.63) is 217 Å². The molecule has 0 aliphatic carbocycles. The average Bonchev–Trinajstić information content (AvgIpc) is 3.89. The lowest BCUT2D eigenvalue weighted by molar-refractivity contribution is 0.823. The van der Waals surface area contributed by atoms with Gasteiger partial charge in [-0.25, -0.2) is 0 Å². The van der Waals surface area contributed by atoms with E-state index in [9.17, 15) is 0 Å². The summed E-state index contributed by atoms with van der Waals surface area (Å²) < 4.78 is 0. The topological polar surface area (TPSA) is 34.8 Å². The van der Waals surface area contributed by atoms with Crippen molar-refractivity contribution in [1.29, 1.82) is 0 Å². The summed E-state index contributed by atoms with van der Waals surface area (Å²) in [7, 11) is 0. The number of hydrogen-bond donors (Lipinski definition) is 2. The molecule has 0 bridgehead atoms. The smallest absolute Gasteiger partial charge is 0.247 e. The van der Waals surface area contributed by atoms with Gasteiger partial charge in [-0.15, -0.1) is 0 Å². The zero-order valence-electron chi connectivity index (χ0n) is 34.7. The molecular weight excluding hydrogens is 749 g/mol. The van der Waals surface area contributed by atoms with Crippen LogP contribution in [0.15, 0.2) is 200 Å². The van der Waals surface area contributed by atoms with E-state index >= 15 is 0 Å². The van der Waals surface area contributed by atoms with Gasteiger partial charge in [-0.3, -0.25) is 0 Å². The minimum Gasteiger partial charge on any atom is -0.355 e. The van der Waals surface area contributed by atoms with Crippen LogP contribution in [0.5, 0.6) is 0 Å². The molecule has 4 heteroatoms. The number of H-pyrrole nitrogens is 2. The number of aromatic nitrogens is 2. The van der Waals surface area contributed by atoms with Gasteiger partial charge < -0.3 is 14.9 Å². The summed E-state index contributed by atoms with van der Waals surface area (Å²) in [5.74, 6) is 0. The van der Waals surface area contributed by atoms with Crippen LogP contribution in [0.1, 0.15) is 23.1 Å². The van der Waals surface area contributed by atoms with Crippen LogP contribution in [-0.2, 0) is 12.8 Å². The highest BCUT2D eigenvalue weighted by Crippen LogP contribution is 2.43. The summed E-state index contributed by atoms with van der Waals surface area (Å²) in [6.07, 6.45) is 3.10. The van der Waals surface area contributed by atoms with Gasteiger partial charge in [-0.05, 0) is 120 Å². The van der Waals surface area contributed by atoms with Crippen LogP contribution in [-0.4, -0.2) is 16.7 Å². The predicted molar refractivity (Wildman–Crippen MR) is 265 cm³/mol. The zero-order chi connectivity index (χ0) is 41.1. The molecule has 1 aliphatic heterocycles. The van der Waals surface area contributed by atoms with Crippen LogP contribution < -0.4 is 21.3 Å². The second-order valence-electron chi connectivity index (χ2n) is 16.9. The van der Waals surface area contributed by atoms with Crippen LogP contribution in [0.3, 0.4) is 0 Å². The Morgan fingerprint density at radius 3 is 1.71 bits per heavy atom. The molecule has 0 atom stereocenters. The van der Waals surface area contributed by atoms with E-state index in [4.69, 9.17) is 0 Å². The van der Waals surface area contributed by atoms with E-state index in [1.807, 2.05) is 0 Å². The molecule has 0 fully saturated rings. The number of fused-ring (bicyclic) bond motifs is 8. The summed E-state index contributed by atoms with van der Waals surface area (Å²) in [6.45, 7) is 2.35. The highest BCUT2D eigenvalue weighted by Gasteiger charge is 2.39. The number of rotatable bonds is 8. The van der Waals surface area contributed by atoms with Crippen LogP contribution in [0.4, 0.5) is 17.1 Å². The van der Waals surface area contributed by atoms with E-state index < -0.39 is 0 Å². The minimum atomic E-state index is 0.00132. The molecular formula is C58H44BN3. The summed E-state index contributed by atoms with van der Waals surface area (Å²) in [6, 6.07) is 74.1. The number of benzene rings is 9. The lowest BCUT2D eigenvalue weighted by Gasteiger charge is -2.40. The first-order valence-corrected chi connectivity index (χ1v) is 21.9. The van der Waals surface area contributed by atoms with Crippen molar-refractivity contribution >= 4 is 83.8 Å². The molecule has 0 radical (unpaired) electrons. The van der Waals surface area contributed by atoms with Gasteiger partial charge in [0.15, 0.2) is 0 Å². The highest BCUT2D eigenvalue weighted by atomic mass is 15.2. The molecule has 0 spiro atoms. The summed E-state index contributed by atoms with van der Waals surface area (Å²) >= 11 is 0. The molecule has 3 heterocycles. The SMILES string of the molecule is Cc1c(B2c3cccc(-c4ccc5[nH]c6ccccc6c5c4)c3N(c3ccccc3)c3cccc(CCCc4ccccc4)c32)cccc1-c1ccc2[nH]c3ccccc3c2c1. The summed E-state index contributed by atoms with van der Waals surface area (Å²) in [4.78, 5) is 9.85. The molecule has 9 aromatic carbocycles. The van der Waals surface area contributed by atoms with Crippen LogP contribution in [0.25, 0.3) is 65.9 Å². The van der Waals surface area contributed by atoms with Crippen molar-refractivity contribution in [1.82, 2.24) is 9.97 Å². The molecule has 2 aromatic heterocycles. The Hall–Kier alpha value is -7.56. The van der Waals surface area contributed by atoms with Gasteiger partial charge >= 0.3 is 0 Å². The van der Waals surface area contributed by atoms with Gasteiger partial charge in [0.2, 0.25) is 6.71 Å². The molecule has 62 heavy (non-hydrogen) atoms. The number of para-hydroxylation sites is 4. The quantitative estimate of drug-likeness (QED) is 0.148. The molecule has 3 nitrogen and oxygen atoms in total. The second kappa shape index (κ2) is 14.9. The molecule has 0 amide bonds. The number of nitrogens with zero attached hydrogens (tertiary/aromatic N) is 1. The normalized spacial score (nSPS) is 12.4. The maximum Gasteiger partial charge on any atom is 0.247 e. The molecule has 0 saturated heterocycles. The van der Waals surface area contributed by atoms with Crippen LogP contribution in [0.2, 0.25) is 0 Å². The molecule has 294 valence electrons. The fraction of sp³-hybridized carbons (Fsp3) is 0.0690. The van der Waals surface area contributed by atoms with Crippen LogP contribution >= 0.6 is 0 Å². The standard InChI is InChI=1S/C58H44BN3/c1-38-44(41-32-34-54-48(36-41)46-23-8-10-29-52(46)60-54)25-14-27-50(38)59-51-28-15-26-45(42-33-35-55-49(37-42)47-24-9-11-30-53(47)61-55)58(51)62(43-21-6-3-7-22-43)56-31-13-20-40(57(56)59)19-12-18-39-16-4-2-5-17-39/h2-11,13-17,20-37,60-61H,12,18-19H2,1H3. The third-order valence-corrected chi connectivity index (χ3v) is 13.4. The maximum absolute atomic E-state index is 3.66. The Balaban J connectivity index is 1.09. The monoisotopic (exact) mass is 793 g/mol. The van der Waals surface area contributed by atoms with E-state index in [0.717, 1.165) is 36.0 Å². The molecule has 12 rings (SSSR count). The van der Waals surface area contributed by atoms with Gasteiger partial charge in [-0.1, -0.05) is 157 Å². The van der Waals surface area contributed by atoms with E-state index in [0.29, 0.717) is 0 Å². The van der Waals surface area contributed by atoms with Crippen molar-refractivity contribution in [3.63, 3.8) is 0 Å². The lowest BCUT2D eigenvalue weighted by Crippen LogP contribution is -2.59. The molecule has 0 saturated carbocycles. The Morgan fingerprint density at radius 2 is 1.02 bits per heavy atom. The average molecular weight is 794 g/mol. The fourth-order valence-electron chi connectivity index (χ4n) is 10.5. The summed E-state index contributed by atoms with van der Waals surface area (Å²) in [5, 5.41) is 5.00. The summed E-state index contributed by atoms with van der Waals surface area (Å²) in [5.41, 5.74) is 21.4. The Morgan fingerprint density at radius 1 is 0.452 bits per heavy atom. The Labute approximate surface area is 362 Å². The van der Waals surface area contributed by atoms with E-state index in [2.05, 4.69) is 222 Å². The number of aryl methyl sites for hydroxylation is 2. The van der Waals surface area contributed by atoms with Gasteiger partial charge in [0.25, 0.3) is 0 Å². The maximum atomic E-state index is 3.66. The minimum absolute atomic E-state index is 0.00132. The first-order chi connectivity index (χ1) is 30.7. The van der Waals surface area contributed by atoms with Gasteiger partial charge in [-0.2, -0.15) is 0 Å². The second-order valence-corrected chi connectivity index (χ2v) is 16.9.